The summed E-state index contributed by atoms with van der Waals surface area (Å²) in [5.41, 5.74) is 14.4. The first kappa shape index (κ1) is 31.3. The Morgan fingerprint density at radius 3 is 2.12 bits per heavy atom. The molecule has 0 aliphatic carbocycles. The summed E-state index contributed by atoms with van der Waals surface area (Å²) in [6.07, 6.45) is 3.40. The average molecular weight is 567 g/mol. The Kier molecular flexibility index (Phi) is 11.8. The van der Waals surface area contributed by atoms with E-state index in [1.165, 1.54) is 0 Å². The zero-order valence-corrected chi connectivity index (χ0v) is 22.7. The fourth-order valence-electron chi connectivity index (χ4n) is 4.46. The van der Waals surface area contributed by atoms with Gasteiger partial charge in [-0.2, -0.15) is 0 Å². The highest BCUT2D eigenvalue weighted by Crippen LogP contribution is 2.19. The number of hydrogen-bond donors (Lipinski definition) is 8. The summed E-state index contributed by atoms with van der Waals surface area (Å²) >= 11 is 0. The fraction of sp³-hybridized carbons (Fsp3) is 0.379. The van der Waals surface area contributed by atoms with Crippen LogP contribution >= 0.6 is 0 Å². The van der Waals surface area contributed by atoms with Crippen molar-refractivity contribution in [1.82, 2.24) is 20.9 Å². The number of aliphatic hydroxyl groups is 1. The number of benzene rings is 2. The standard InChI is InChI=1S/C29H38N6O6/c30-13-7-6-12-23(27(38)35-25(17-36)29(40)41)33-28(39)24(14-18-8-2-1-3-9-18)34-26(37)21(31)15-19-16-32-22-11-5-4-10-20(19)22/h1-5,8-11,16,21,23-25,32,36H,6-7,12-15,17,30-31H2,(H,33,39)(H,34,37)(H,35,38)(H,40,41). The van der Waals surface area contributed by atoms with Gasteiger partial charge in [-0.1, -0.05) is 48.5 Å². The third-order valence-electron chi connectivity index (χ3n) is 6.74. The van der Waals surface area contributed by atoms with Gasteiger partial charge in [-0.15, -0.1) is 0 Å². The molecule has 0 radical (unpaired) electrons. The Morgan fingerprint density at radius 1 is 0.805 bits per heavy atom. The molecule has 0 aliphatic rings. The Hall–Kier alpha value is -4.26. The van der Waals surface area contributed by atoms with E-state index < -0.39 is 54.5 Å². The molecule has 0 bridgehead atoms. The molecule has 10 N–H and O–H groups in total. The largest absolute Gasteiger partial charge is 0.480 e. The smallest absolute Gasteiger partial charge is 0.328 e. The molecule has 0 saturated heterocycles. The predicted molar refractivity (Wildman–Crippen MR) is 154 cm³/mol. The number of nitrogens with one attached hydrogen (secondary N) is 4. The summed E-state index contributed by atoms with van der Waals surface area (Å²) < 4.78 is 0. The van der Waals surface area contributed by atoms with Crippen LogP contribution in [0, 0.1) is 0 Å². The fourth-order valence-corrected chi connectivity index (χ4v) is 4.46. The molecule has 12 heteroatoms. The zero-order chi connectivity index (χ0) is 29.8. The minimum Gasteiger partial charge on any atom is -0.480 e. The first-order chi connectivity index (χ1) is 19.7. The molecule has 3 aromatic rings. The minimum absolute atomic E-state index is 0.129. The number of carboxylic acids is 1. The van der Waals surface area contributed by atoms with Crippen LogP contribution in [0.1, 0.15) is 30.4 Å². The van der Waals surface area contributed by atoms with E-state index >= 15 is 0 Å². The van der Waals surface area contributed by atoms with Gasteiger partial charge in [0.1, 0.15) is 18.1 Å². The molecule has 1 aromatic heterocycles. The van der Waals surface area contributed by atoms with E-state index in [2.05, 4.69) is 20.9 Å². The van der Waals surface area contributed by atoms with Crippen molar-refractivity contribution >= 4 is 34.6 Å². The lowest BCUT2D eigenvalue weighted by Crippen LogP contribution is -2.58. The Labute approximate surface area is 237 Å². The lowest BCUT2D eigenvalue weighted by Gasteiger charge is -2.25. The van der Waals surface area contributed by atoms with Crippen LogP contribution in [0.2, 0.25) is 0 Å². The number of para-hydroxylation sites is 1. The van der Waals surface area contributed by atoms with Crippen molar-refractivity contribution in [1.29, 1.82) is 0 Å². The van der Waals surface area contributed by atoms with E-state index in [-0.39, 0.29) is 19.3 Å². The number of unbranched alkanes of at least 4 members (excludes halogenated alkanes) is 1. The van der Waals surface area contributed by atoms with Crippen LogP contribution in [-0.4, -0.2) is 76.2 Å². The van der Waals surface area contributed by atoms with Crippen LogP contribution in [0.3, 0.4) is 0 Å². The first-order valence-electron chi connectivity index (χ1n) is 13.5. The number of aliphatic hydroxyl groups excluding tert-OH is 1. The molecule has 0 aliphatic heterocycles. The van der Waals surface area contributed by atoms with Gasteiger partial charge in [0.05, 0.1) is 12.6 Å². The minimum atomic E-state index is -1.53. The van der Waals surface area contributed by atoms with Crippen LogP contribution in [-0.2, 0) is 32.0 Å². The Balaban J connectivity index is 1.76. The molecular weight excluding hydrogens is 528 g/mol. The van der Waals surface area contributed by atoms with Crippen molar-refractivity contribution in [3.63, 3.8) is 0 Å². The van der Waals surface area contributed by atoms with E-state index in [0.29, 0.717) is 19.4 Å². The monoisotopic (exact) mass is 566 g/mol. The molecule has 3 amide bonds. The van der Waals surface area contributed by atoms with Crippen molar-refractivity contribution in [2.75, 3.05) is 13.2 Å². The number of hydrogen-bond acceptors (Lipinski definition) is 7. The number of rotatable bonds is 16. The van der Waals surface area contributed by atoms with Crippen LogP contribution in [0.4, 0.5) is 0 Å². The van der Waals surface area contributed by atoms with Crippen molar-refractivity contribution in [3.8, 4) is 0 Å². The summed E-state index contributed by atoms with van der Waals surface area (Å²) in [6, 6.07) is 12.0. The summed E-state index contributed by atoms with van der Waals surface area (Å²) in [4.78, 5) is 54.0. The summed E-state index contributed by atoms with van der Waals surface area (Å²) in [5.74, 6) is -3.35. The molecule has 0 spiro atoms. The second-order valence-electron chi connectivity index (χ2n) is 9.85. The van der Waals surface area contributed by atoms with E-state index in [0.717, 1.165) is 22.0 Å². The number of amides is 3. The highest BCUT2D eigenvalue weighted by atomic mass is 16.4. The number of H-pyrrole nitrogens is 1. The second kappa shape index (κ2) is 15.5. The van der Waals surface area contributed by atoms with Gasteiger partial charge in [-0.05, 0) is 49.4 Å². The molecule has 4 atom stereocenters. The van der Waals surface area contributed by atoms with Crippen LogP contribution in [0.25, 0.3) is 10.9 Å². The van der Waals surface area contributed by atoms with E-state index in [4.69, 9.17) is 11.5 Å². The van der Waals surface area contributed by atoms with Crippen LogP contribution in [0.5, 0.6) is 0 Å². The molecule has 1 heterocycles. The maximum absolute atomic E-state index is 13.5. The molecule has 0 saturated carbocycles. The number of carbonyl (C=O) groups is 4. The van der Waals surface area contributed by atoms with Gasteiger partial charge in [-0.3, -0.25) is 14.4 Å². The van der Waals surface area contributed by atoms with Gasteiger partial charge in [-0.25, -0.2) is 4.79 Å². The van der Waals surface area contributed by atoms with E-state index in [1.54, 1.807) is 18.3 Å². The van der Waals surface area contributed by atoms with Gasteiger partial charge < -0.3 is 42.6 Å². The quantitative estimate of drug-likeness (QED) is 0.110. The third-order valence-corrected chi connectivity index (χ3v) is 6.74. The van der Waals surface area contributed by atoms with Crippen molar-refractivity contribution < 1.29 is 29.4 Å². The third kappa shape index (κ3) is 9.13. The van der Waals surface area contributed by atoms with E-state index in [1.807, 2.05) is 42.5 Å². The molecular formula is C29H38N6O6. The van der Waals surface area contributed by atoms with Crippen molar-refractivity contribution in [2.45, 2.75) is 56.3 Å². The molecule has 3 rings (SSSR count). The van der Waals surface area contributed by atoms with Crippen molar-refractivity contribution in [2.24, 2.45) is 11.5 Å². The van der Waals surface area contributed by atoms with Gasteiger partial charge in [0.2, 0.25) is 17.7 Å². The maximum atomic E-state index is 13.5. The number of aromatic amines is 1. The number of aliphatic carboxylic acids is 1. The normalized spacial score (nSPS) is 14.0. The average Bonchev–Trinajstić information content (AvgIpc) is 3.37. The van der Waals surface area contributed by atoms with Gasteiger partial charge >= 0.3 is 5.97 Å². The lowest BCUT2D eigenvalue weighted by atomic mass is 10.0. The molecule has 41 heavy (non-hydrogen) atoms. The number of nitrogens with two attached hydrogens (primary N) is 2. The highest BCUT2D eigenvalue weighted by molar-refractivity contribution is 5.94. The van der Waals surface area contributed by atoms with E-state index in [9.17, 15) is 29.4 Å². The maximum Gasteiger partial charge on any atom is 0.328 e. The second-order valence-corrected chi connectivity index (χ2v) is 9.85. The van der Waals surface area contributed by atoms with Gasteiger partial charge in [0.15, 0.2) is 0 Å². The van der Waals surface area contributed by atoms with Crippen molar-refractivity contribution in [3.05, 3.63) is 71.9 Å². The molecule has 220 valence electrons. The zero-order valence-electron chi connectivity index (χ0n) is 22.7. The van der Waals surface area contributed by atoms with Gasteiger partial charge in [0, 0.05) is 23.5 Å². The van der Waals surface area contributed by atoms with Gasteiger partial charge in [0.25, 0.3) is 0 Å². The molecule has 2 aromatic carbocycles. The molecule has 4 unspecified atom stereocenters. The Bertz CT molecular complexity index is 1310. The summed E-state index contributed by atoms with van der Waals surface area (Å²) in [7, 11) is 0. The predicted octanol–water partition coefficient (Wildman–Crippen LogP) is -0.0593. The topological polar surface area (TPSA) is 213 Å². The number of carboxylic acid groups (broad SMARTS) is 1. The van der Waals surface area contributed by atoms with Crippen LogP contribution in [0.15, 0.2) is 60.8 Å². The number of fused-ring (bicyclic) bond motifs is 1. The van der Waals surface area contributed by atoms with Crippen LogP contribution < -0.4 is 27.4 Å². The lowest BCUT2D eigenvalue weighted by molar-refractivity contribution is -0.143. The highest BCUT2D eigenvalue weighted by Gasteiger charge is 2.30. The first-order valence-corrected chi connectivity index (χ1v) is 13.5. The number of carbonyl (C=O) groups excluding carboxylic acids is 3. The summed E-state index contributed by atoms with van der Waals surface area (Å²) in [5, 5.41) is 27.1. The Morgan fingerprint density at radius 2 is 1.44 bits per heavy atom. The SMILES string of the molecule is NCCCCC(NC(=O)C(Cc1ccccc1)NC(=O)C(N)Cc1c[nH]c2ccccc12)C(=O)NC(CO)C(=O)O. The molecule has 0 fully saturated rings. The summed E-state index contributed by atoms with van der Waals surface area (Å²) in [6.45, 7) is -0.441. The number of aromatic nitrogens is 1. The molecule has 12 nitrogen and oxygen atoms in total.